The first-order valence-corrected chi connectivity index (χ1v) is 8.85. The van der Waals surface area contributed by atoms with Crippen LogP contribution in [-0.4, -0.2) is 58.8 Å². The highest BCUT2D eigenvalue weighted by Gasteiger charge is 2.56. The first kappa shape index (κ1) is 19.5. The van der Waals surface area contributed by atoms with Gasteiger partial charge in [-0.2, -0.15) is 0 Å². The molecule has 0 unspecified atom stereocenters. The van der Waals surface area contributed by atoms with Crippen LogP contribution in [-0.2, 0) is 19.1 Å². The van der Waals surface area contributed by atoms with E-state index in [1.54, 1.807) is 6.08 Å². The van der Waals surface area contributed by atoms with Gasteiger partial charge in [0.1, 0.15) is 12.2 Å². The van der Waals surface area contributed by atoms with Gasteiger partial charge >= 0.3 is 11.9 Å². The quantitative estimate of drug-likeness (QED) is 0.370. The average Bonchev–Trinajstić information content (AvgIpc) is 3.02. The molecular formula is C20H24O7. The summed E-state index contributed by atoms with van der Waals surface area (Å²) in [5.41, 5.74) is 1.75. The number of rotatable bonds is 4. The molecule has 1 heterocycles. The zero-order valence-corrected chi connectivity index (χ0v) is 15.1. The van der Waals surface area contributed by atoms with Crippen molar-refractivity contribution in [3.63, 3.8) is 0 Å². The van der Waals surface area contributed by atoms with E-state index in [4.69, 9.17) is 14.6 Å². The van der Waals surface area contributed by atoms with E-state index >= 15 is 0 Å². The van der Waals surface area contributed by atoms with Crippen LogP contribution in [0.3, 0.4) is 0 Å². The van der Waals surface area contributed by atoms with Gasteiger partial charge < -0.3 is 24.8 Å². The third-order valence-corrected chi connectivity index (χ3v) is 5.69. The molecule has 7 heteroatoms. The molecule has 0 aromatic heterocycles. The Balaban J connectivity index is 1.95. The summed E-state index contributed by atoms with van der Waals surface area (Å²) in [7, 11) is 0. The fourth-order valence-electron chi connectivity index (χ4n) is 4.45. The SMILES string of the molecule is C=C1C[C@@H](OC(=O)/C(=C/CO)CO)[C@H]2C(=C)C(=O)O[C@@H]2[C@H]2C(C)=C[C@@H](O)[C@@H]12. The first-order valence-electron chi connectivity index (χ1n) is 8.85. The maximum atomic E-state index is 12.4. The Hall–Kier alpha value is -2.22. The van der Waals surface area contributed by atoms with Crippen LogP contribution >= 0.6 is 0 Å². The van der Waals surface area contributed by atoms with E-state index in [0.29, 0.717) is 5.57 Å². The van der Waals surface area contributed by atoms with Crippen molar-refractivity contribution in [2.75, 3.05) is 13.2 Å². The number of carbonyl (C=O) groups excluding carboxylic acids is 2. The third kappa shape index (κ3) is 3.26. The Morgan fingerprint density at radius 3 is 2.67 bits per heavy atom. The molecule has 3 aliphatic rings. The van der Waals surface area contributed by atoms with Crippen LogP contribution in [0.1, 0.15) is 13.3 Å². The largest absolute Gasteiger partial charge is 0.458 e. The molecule has 0 aromatic rings. The molecule has 3 N–H and O–H groups in total. The summed E-state index contributed by atoms with van der Waals surface area (Å²) in [5, 5.41) is 28.7. The maximum absolute atomic E-state index is 12.4. The van der Waals surface area contributed by atoms with Crippen LogP contribution in [0, 0.1) is 17.8 Å². The molecule has 0 bridgehead atoms. The minimum atomic E-state index is -0.782. The van der Waals surface area contributed by atoms with Gasteiger partial charge in [0.2, 0.25) is 0 Å². The highest BCUT2D eigenvalue weighted by Crippen LogP contribution is 2.51. The highest BCUT2D eigenvalue weighted by molar-refractivity contribution is 5.92. The van der Waals surface area contributed by atoms with Gasteiger partial charge in [0, 0.05) is 23.8 Å². The molecule has 7 nitrogen and oxygen atoms in total. The van der Waals surface area contributed by atoms with Crippen molar-refractivity contribution in [1.29, 1.82) is 0 Å². The van der Waals surface area contributed by atoms with E-state index in [1.807, 2.05) is 6.92 Å². The second-order valence-corrected chi connectivity index (χ2v) is 7.25. The van der Waals surface area contributed by atoms with E-state index in [1.165, 1.54) is 6.08 Å². The Morgan fingerprint density at radius 1 is 1.33 bits per heavy atom. The summed E-state index contributed by atoms with van der Waals surface area (Å²) in [6, 6.07) is 0. The zero-order valence-electron chi connectivity index (χ0n) is 15.1. The van der Waals surface area contributed by atoms with Gasteiger partial charge in [0.25, 0.3) is 0 Å². The second-order valence-electron chi connectivity index (χ2n) is 7.25. The molecular weight excluding hydrogens is 352 g/mol. The highest BCUT2D eigenvalue weighted by atomic mass is 16.6. The number of hydrogen-bond acceptors (Lipinski definition) is 7. The van der Waals surface area contributed by atoms with Gasteiger partial charge in [0.05, 0.1) is 30.8 Å². The Labute approximate surface area is 157 Å². The molecule has 1 aliphatic heterocycles. The van der Waals surface area contributed by atoms with Crippen LogP contribution in [0.15, 0.2) is 47.6 Å². The fraction of sp³-hybridized carbons (Fsp3) is 0.500. The summed E-state index contributed by atoms with van der Waals surface area (Å²) in [6.45, 7) is 8.77. The molecule has 27 heavy (non-hydrogen) atoms. The summed E-state index contributed by atoms with van der Waals surface area (Å²) >= 11 is 0. The van der Waals surface area contributed by atoms with Crippen molar-refractivity contribution in [1.82, 2.24) is 0 Å². The molecule has 0 radical (unpaired) electrons. The van der Waals surface area contributed by atoms with Crippen LogP contribution < -0.4 is 0 Å². The van der Waals surface area contributed by atoms with Gasteiger partial charge in [-0.3, -0.25) is 0 Å². The number of ether oxygens (including phenoxy) is 2. The number of carbonyl (C=O) groups is 2. The number of aliphatic hydroxyl groups is 3. The van der Waals surface area contributed by atoms with Crippen molar-refractivity contribution in [3.8, 4) is 0 Å². The molecule has 2 fully saturated rings. The molecule has 3 rings (SSSR count). The lowest BCUT2D eigenvalue weighted by Crippen LogP contribution is -2.37. The minimum Gasteiger partial charge on any atom is -0.458 e. The smallest absolute Gasteiger partial charge is 0.336 e. The summed E-state index contributed by atoms with van der Waals surface area (Å²) < 4.78 is 11.1. The van der Waals surface area contributed by atoms with Crippen molar-refractivity contribution in [2.24, 2.45) is 17.8 Å². The van der Waals surface area contributed by atoms with Crippen molar-refractivity contribution >= 4 is 11.9 Å². The molecule has 0 amide bonds. The van der Waals surface area contributed by atoms with Gasteiger partial charge in [-0.1, -0.05) is 30.4 Å². The van der Waals surface area contributed by atoms with Crippen LogP contribution in [0.2, 0.25) is 0 Å². The molecule has 1 saturated heterocycles. The number of aliphatic hydroxyl groups excluding tert-OH is 3. The predicted octanol–water partition coefficient (Wildman–Crippen LogP) is 0.420. The summed E-state index contributed by atoms with van der Waals surface area (Å²) in [6.07, 6.45) is 1.02. The zero-order chi connectivity index (χ0) is 19.9. The lowest BCUT2D eigenvalue weighted by molar-refractivity contribution is -0.148. The van der Waals surface area contributed by atoms with Crippen molar-refractivity contribution in [3.05, 3.63) is 47.6 Å². The second kappa shape index (κ2) is 7.42. The molecule has 6 atom stereocenters. The number of hydrogen-bond donors (Lipinski definition) is 3. The lowest BCUT2D eigenvalue weighted by atomic mass is 9.79. The Kier molecular flexibility index (Phi) is 5.37. The standard InChI is InChI=1S/C20H24O7/c1-9-6-13(23)15-10(2)7-14(26-20(25)12(8-22)4-5-21)17-11(3)19(24)27-18(17)16(9)15/h4,6,13-18,21-23H,2-3,5,7-8H2,1H3/b12-4+/t13-,14-,15-,16+,17-,18-/m1/s1. The molecule has 2 aliphatic carbocycles. The third-order valence-electron chi connectivity index (χ3n) is 5.69. The van der Waals surface area contributed by atoms with Crippen LogP contribution in [0.25, 0.3) is 0 Å². The molecule has 0 aromatic carbocycles. The van der Waals surface area contributed by atoms with Gasteiger partial charge in [0.15, 0.2) is 0 Å². The van der Waals surface area contributed by atoms with E-state index in [0.717, 1.165) is 5.57 Å². The van der Waals surface area contributed by atoms with E-state index in [2.05, 4.69) is 13.2 Å². The average molecular weight is 376 g/mol. The monoisotopic (exact) mass is 376 g/mol. The predicted molar refractivity (Wildman–Crippen MR) is 95.1 cm³/mol. The normalized spacial score (nSPS) is 35.9. The summed E-state index contributed by atoms with van der Waals surface area (Å²) in [4.78, 5) is 24.6. The first-order chi connectivity index (χ1) is 12.8. The van der Waals surface area contributed by atoms with Gasteiger partial charge in [-0.25, -0.2) is 9.59 Å². The van der Waals surface area contributed by atoms with Crippen molar-refractivity contribution in [2.45, 2.75) is 31.7 Å². The minimum absolute atomic E-state index is 0.0731. The van der Waals surface area contributed by atoms with E-state index in [9.17, 15) is 19.8 Å². The Bertz CT molecular complexity index is 747. The summed E-state index contributed by atoms with van der Waals surface area (Å²) in [5.74, 6) is -2.48. The topological polar surface area (TPSA) is 113 Å². The van der Waals surface area contributed by atoms with Crippen LogP contribution in [0.4, 0.5) is 0 Å². The number of esters is 2. The van der Waals surface area contributed by atoms with E-state index in [-0.39, 0.29) is 29.4 Å². The van der Waals surface area contributed by atoms with Crippen LogP contribution in [0.5, 0.6) is 0 Å². The van der Waals surface area contributed by atoms with Crippen molar-refractivity contribution < 1.29 is 34.4 Å². The lowest BCUT2D eigenvalue weighted by Gasteiger charge is -2.29. The van der Waals surface area contributed by atoms with E-state index < -0.39 is 49.4 Å². The van der Waals surface area contributed by atoms with Gasteiger partial charge in [-0.15, -0.1) is 0 Å². The Morgan fingerprint density at radius 2 is 2.04 bits per heavy atom. The molecule has 1 saturated carbocycles. The molecule has 0 spiro atoms. The maximum Gasteiger partial charge on any atom is 0.336 e. The number of fused-ring (bicyclic) bond motifs is 3. The fourth-order valence-corrected chi connectivity index (χ4v) is 4.45. The molecule has 146 valence electrons. The van der Waals surface area contributed by atoms with Gasteiger partial charge in [-0.05, 0) is 13.0 Å².